The summed E-state index contributed by atoms with van der Waals surface area (Å²) in [6.45, 7) is 1.02. The molecule has 22 heavy (non-hydrogen) atoms. The first-order chi connectivity index (χ1) is 10.4. The van der Waals surface area contributed by atoms with Gasteiger partial charge in [0.25, 0.3) is 6.43 Å². The monoisotopic (exact) mass is 312 g/mol. The molecule has 0 aliphatic carbocycles. The van der Waals surface area contributed by atoms with Gasteiger partial charge in [0.2, 0.25) is 0 Å². The molecule has 120 valence electrons. The summed E-state index contributed by atoms with van der Waals surface area (Å²) in [6, 6.07) is 7.87. The summed E-state index contributed by atoms with van der Waals surface area (Å²) in [5.41, 5.74) is -1.22. The summed E-state index contributed by atoms with van der Waals surface area (Å²) >= 11 is 0. The highest BCUT2D eigenvalue weighted by Crippen LogP contribution is 2.41. The molecule has 0 radical (unpaired) electrons. The van der Waals surface area contributed by atoms with Gasteiger partial charge in [0.15, 0.2) is 0 Å². The minimum absolute atomic E-state index is 0.110. The number of piperazine rings is 1. The number of alkyl halides is 2. The maximum atomic E-state index is 13.3. The molecule has 2 aliphatic heterocycles. The number of hydrogen-bond acceptors (Lipinski definition) is 3. The Bertz CT molecular complexity index is 557. The molecule has 2 fully saturated rings. The highest BCUT2D eigenvalue weighted by Gasteiger charge is 2.61. The van der Waals surface area contributed by atoms with Crippen LogP contribution in [0, 0.1) is 0 Å². The number of aliphatic hydroxyl groups is 1. The fraction of sp³-hybridized carbons (Fsp3) is 0.533. The van der Waals surface area contributed by atoms with Crippen molar-refractivity contribution in [3.05, 3.63) is 35.9 Å². The molecular weight excluding hydrogens is 294 g/mol. The second-order valence-corrected chi connectivity index (χ2v) is 6.04. The van der Waals surface area contributed by atoms with Crippen LogP contribution in [0.5, 0.6) is 0 Å². The zero-order valence-electron chi connectivity index (χ0n) is 11.9. The number of benzene rings is 1. The molecule has 0 saturated carbocycles. The van der Waals surface area contributed by atoms with Gasteiger partial charge in [-0.15, -0.1) is 0 Å². The Morgan fingerprint density at radius 3 is 2.59 bits per heavy atom. The van der Waals surface area contributed by atoms with Crippen molar-refractivity contribution < 1.29 is 23.8 Å². The second-order valence-electron chi connectivity index (χ2n) is 6.04. The van der Waals surface area contributed by atoms with E-state index in [0.29, 0.717) is 13.1 Å². The number of likely N-dealkylation sites (tertiary alicyclic amines) is 1. The molecule has 2 heterocycles. The third kappa shape index (κ3) is 2.44. The van der Waals surface area contributed by atoms with Crippen LogP contribution in [-0.4, -0.2) is 63.3 Å². The molecule has 2 aliphatic rings. The highest BCUT2D eigenvalue weighted by atomic mass is 19.3. The van der Waals surface area contributed by atoms with E-state index in [1.54, 1.807) is 0 Å². The lowest BCUT2D eigenvalue weighted by Crippen LogP contribution is -2.60. The van der Waals surface area contributed by atoms with Crippen molar-refractivity contribution >= 4 is 6.09 Å². The molecule has 1 unspecified atom stereocenters. The van der Waals surface area contributed by atoms with E-state index in [0.717, 1.165) is 10.5 Å². The van der Waals surface area contributed by atoms with Crippen molar-refractivity contribution in [3.8, 4) is 0 Å². The summed E-state index contributed by atoms with van der Waals surface area (Å²) in [5, 5.41) is 19.5. The summed E-state index contributed by atoms with van der Waals surface area (Å²) in [6.07, 6.45) is -4.42. The Hall–Kier alpha value is -1.73. The van der Waals surface area contributed by atoms with Crippen LogP contribution < -0.4 is 0 Å². The summed E-state index contributed by atoms with van der Waals surface area (Å²) in [7, 11) is 0. The number of amides is 1. The predicted molar refractivity (Wildman–Crippen MR) is 74.7 cm³/mol. The number of hydrogen-bond donors (Lipinski definition) is 2. The van der Waals surface area contributed by atoms with Gasteiger partial charge in [0.05, 0.1) is 12.1 Å². The van der Waals surface area contributed by atoms with Gasteiger partial charge in [-0.3, -0.25) is 9.80 Å². The Labute approximate surface area is 126 Å². The van der Waals surface area contributed by atoms with Crippen LogP contribution >= 0.6 is 0 Å². The maximum absolute atomic E-state index is 13.3. The lowest BCUT2D eigenvalue weighted by atomic mass is 9.94. The molecule has 2 bridgehead atoms. The first-order valence-corrected chi connectivity index (χ1v) is 7.20. The highest BCUT2D eigenvalue weighted by molar-refractivity contribution is 5.67. The average molecular weight is 312 g/mol. The lowest BCUT2D eigenvalue weighted by molar-refractivity contribution is -0.115. The summed E-state index contributed by atoms with van der Waals surface area (Å²) in [5.74, 6) is 0. The zero-order valence-corrected chi connectivity index (χ0v) is 11.9. The van der Waals surface area contributed by atoms with Gasteiger partial charge in [-0.2, -0.15) is 0 Å². The van der Waals surface area contributed by atoms with Gasteiger partial charge in [-0.25, -0.2) is 13.6 Å². The number of carbonyl (C=O) groups is 1. The molecule has 3 atom stereocenters. The minimum Gasteiger partial charge on any atom is -0.465 e. The van der Waals surface area contributed by atoms with Crippen LogP contribution in [0.1, 0.15) is 12.0 Å². The molecule has 0 aromatic heterocycles. The van der Waals surface area contributed by atoms with Crippen molar-refractivity contribution in [2.24, 2.45) is 0 Å². The number of halogens is 2. The fourth-order valence-electron chi connectivity index (χ4n) is 3.62. The van der Waals surface area contributed by atoms with Crippen LogP contribution in [0.3, 0.4) is 0 Å². The number of carboxylic acid groups (broad SMARTS) is 1. The molecule has 7 heteroatoms. The molecule has 1 amide bonds. The Balaban J connectivity index is 1.81. The first kappa shape index (κ1) is 15.2. The molecule has 1 aromatic carbocycles. The quantitative estimate of drug-likeness (QED) is 0.890. The maximum Gasteiger partial charge on any atom is 0.407 e. The Kier molecular flexibility index (Phi) is 3.78. The van der Waals surface area contributed by atoms with Gasteiger partial charge < -0.3 is 10.2 Å². The minimum atomic E-state index is -2.96. The van der Waals surface area contributed by atoms with E-state index < -0.39 is 30.2 Å². The van der Waals surface area contributed by atoms with E-state index in [-0.39, 0.29) is 13.0 Å². The zero-order chi connectivity index (χ0) is 15.9. The van der Waals surface area contributed by atoms with Crippen LogP contribution in [-0.2, 0) is 6.54 Å². The van der Waals surface area contributed by atoms with Gasteiger partial charge in [-0.05, 0) is 5.56 Å². The molecule has 1 aromatic rings. The molecule has 5 nitrogen and oxygen atoms in total. The van der Waals surface area contributed by atoms with Crippen molar-refractivity contribution in [2.75, 3.05) is 13.1 Å². The number of fused-ring (bicyclic) bond motifs is 2. The van der Waals surface area contributed by atoms with Crippen molar-refractivity contribution in [1.82, 2.24) is 9.80 Å². The van der Waals surface area contributed by atoms with E-state index >= 15 is 0 Å². The summed E-state index contributed by atoms with van der Waals surface area (Å²) in [4.78, 5) is 14.3. The lowest BCUT2D eigenvalue weighted by Gasteiger charge is -2.41. The van der Waals surface area contributed by atoms with Crippen LogP contribution in [0.25, 0.3) is 0 Å². The van der Waals surface area contributed by atoms with E-state index in [1.807, 2.05) is 35.2 Å². The smallest absolute Gasteiger partial charge is 0.407 e. The van der Waals surface area contributed by atoms with E-state index in [1.165, 1.54) is 0 Å². The van der Waals surface area contributed by atoms with Gasteiger partial charge in [-0.1, -0.05) is 30.3 Å². The standard InChI is InChI=1S/C15H18F2N2O3/c16-13(17)15(22)6-11-8-18(7-10-4-2-1-3-5-10)9-12(15)19(11)14(20)21/h1-5,11-13,22H,6-9H2,(H,20,21)/t11-,12-,15?/m1/s1. The van der Waals surface area contributed by atoms with Crippen molar-refractivity contribution in [1.29, 1.82) is 0 Å². The predicted octanol–water partition coefficient (Wildman–Crippen LogP) is 1.62. The van der Waals surface area contributed by atoms with Crippen molar-refractivity contribution in [2.45, 2.75) is 37.1 Å². The van der Waals surface area contributed by atoms with E-state index in [9.17, 15) is 23.8 Å². The molecule has 3 rings (SSSR count). The SMILES string of the molecule is O=C(O)N1[C@H]2CN(Cc3ccccc3)C[C@@H]1C(O)(C(F)F)C2. The van der Waals surface area contributed by atoms with Crippen molar-refractivity contribution in [3.63, 3.8) is 0 Å². The van der Waals surface area contributed by atoms with Gasteiger partial charge in [0.1, 0.15) is 5.60 Å². The van der Waals surface area contributed by atoms with Gasteiger partial charge >= 0.3 is 6.09 Å². The van der Waals surface area contributed by atoms with Crippen LogP contribution in [0.4, 0.5) is 13.6 Å². The molecule has 2 N–H and O–H groups in total. The third-order valence-electron chi connectivity index (χ3n) is 4.62. The van der Waals surface area contributed by atoms with Gasteiger partial charge in [0, 0.05) is 26.1 Å². The normalized spacial score (nSPS) is 31.7. The number of rotatable bonds is 3. The van der Waals surface area contributed by atoms with E-state index in [2.05, 4.69) is 0 Å². The summed E-state index contributed by atoms with van der Waals surface area (Å²) < 4.78 is 26.5. The van der Waals surface area contributed by atoms with Crippen LogP contribution in [0.15, 0.2) is 30.3 Å². The average Bonchev–Trinajstić information content (AvgIpc) is 2.66. The first-order valence-electron chi connectivity index (χ1n) is 7.20. The Morgan fingerprint density at radius 1 is 1.32 bits per heavy atom. The topological polar surface area (TPSA) is 64.0 Å². The van der Waals surface area contributed by atoms with Crippen LogP contribution in [0.2, 0.25) is 0 Å². The van der Waals surface area contributed by atoms with E-state index in [4.69, 9.17) is 0 Å². The Morgan fingerprint density at radius 2 is 2.00 bits per heavy atom. The third-order valence-corrected chi connectivity index (χ3v) is 4.62. The molecule has 2 saturated heterocycles. The number of nitrogens with zero attached hydrogens (tertiary/aromatic N) is 2. The largest absolute Gasteiger partial charge is 0.465 e. The fourth-order valence-corrected chi connectivity index (χ4v) is 3.62. The molecule has 0 spiro atoms. The molecular formula is C15H18F2N2O3. The second kappa shape index (κ2) is 5.48.